The molecule has 5 nitrogen and oxygen atoms in total. The van der Waals surface area contributed by atoms with Gasteiger partial charge in [-0.25, -0.2) is 0 Å². The lowest BCUT2D eigenvalue weighted by Crippen LogP contribution is -2.54. The largest absolute Gasteiger partial charge is 0.496 e. The lowest BCUT2D eigenvalue weighted by molar-refractivity contribution is -0.122. The third kappa shape index (κ3) is 3.31. The van der Waals surface area contributed by atoms with Gasteiger partial charge in [-0.15, -0.1) is 0 Å². The van der Waals surface area contributed by atoms with Crippen LogP contribution < -0.4 is 15.0 Å². The minimum Gasteiger partial charge on any atom is -0.496 e. The highest BCUT2D eigenvalue weighted by Crippen LogP contribution is 2.34. The van der Waals surface area contributed by atoms with E-state index in [0.717, 1.165) is 4.90 Å². The molecule has 0 saturated carbocycles. The van der Waals surface area contributed by atoms with E-state index in [0.29, 0.717) is 17.0 Å². The summed E-state index contributed by atoms with van der Waals surface area (Å²) in [7, 11) is 1.51. The third-order valence-corrected chi connectivity index (χ3v) is 4.81. The van der Waals surface area contributed by atoms with Crippen molar-refractivity contribution < 1.29 is 14.3 Å². The van der Waals surface area contributed by atoms with Crippen molar-refractivity contribution in [3.63, 3.8) is 0 Å². The van der Waals surface area contributed by atoms with Crippen molar-refractivity contribution >= 4 is 64.1 Å². The highest BCUT2D eigenvalue weighted by molar-refractivity contribution is 7.80. The summed E-state index contributed by atoms with van der Waals surface area (Å²) < 4.78 is 5.26. The summed E-state index contributed by atoms with van der Waals surface area (Å²) in [6, 6.07) is 11.8. The Labute approximate surface area is 165 Å². The van der Waals surface area contributed by atoms with E-state index >= 15 is 0 Å². The van der Waals surface area contributed by atoms with Crippen LogP contribution in [0.15, 0.2) is 48.0 Å². The fraction of sp³-hybridized carbons (Fsp3) is 0.0556. The van der Waals surface area contributed by atoms with E-state index in [2.05, 4.69) is 5.32 Å². The molecule has 1 saturated heterocycles. The number of carbonyl (C=O) groups is 2. The first-order chi connectivity index (χ1) is 12.4. The van der Waals surface area contributed by atoms with Crippen molar-refractivity contribution in [2.24, 2.45) is 0 Å². The molecule has 0 spiro atoms. The van der Waals surface area contributed by atoms with E-state index in [1.54, 1.807) is 42.5 Å². The van der Waals surface area contributed by atoms with Gasteiger partial charge in [0, 0.05) is 5.56 Å². The molecule has 1 fully saturated rings. The van der Waals surface area contributed by atoms with E-state index < -0.39 is 11.8 Å². The number of ether oxygens (including phenoxy) is 1. The number of nitrogens with one attached hydrogen (secondary N) is 1. The molecule has 0 aromatic heterocycles. The number of hydrogen-bond donors (Lipinski definition) is 1. The van der Waals surface area contributed by atoms with Crippen LogP contribution in [0.3, 0.4) is 0 Å². The summed E-state index contributed by atoms with van der Waals surface area (Å²) in [5.74, 6) is -0.671. The number of methoxy groups -OCH3 is 1. The highest BCUT2D eigenvalue weighted by atomic mass is 35.5. The molecule has 2 aromatic rings. The van der Waals surface area contributed by atoms with Crippen LogP contribution in [0.25, 0.3) is 6.08 Å². The number of nitrogens with zero attached hydrogens (tertiary/aromatic N) is 1. The van der Waals surface area contributed by atoms with E-state index in [4.69, 9.17) is 40.2 Å². The van der Waals surface area contributed by atoms with Crippen molar-refractivity contribution in [3.8, 4) is 5.75 Å². The molecule has 26 heavy (non-hydrogen) atoms. The van der Waals surface area contributed by atoms with Crippen LogP contribution in [0.5, 0.6) is 5.75 Å². The van der Waals surface area contributed by atoms with E-state index in [9.17, 15) is 9.59 Å². The van der Waals surface area contributed by atoms with Crippen molar-refractivity contribution in [2.75, 3.05) is 12.0 Å². The second-order valence-corrected chi connectivity index (χ2v) is 6.44. The van der Waals surface area contributed by atoms with Crippen LogP contribution in [0.2, 0.25) is 10.0 Å². The number of anilines is 1. The highest BCUT2D eigenvalue weighted by Gasteiger charge is 2.35. The molecule has 0 unspecified atom stereocenters. The van der Waals surface area contributed by atoms with Crippen LogP contribution in [0.4, 0.5) is 5.69 Å². The quantitative estimate of drug-likeness (QED) is 0.477. The molecule has 2 aromatic carbocycles. The monoisotopic (exact) mass is 406 g/mol. The predicted octanol–water partition coefficient (Wildman–Crippen LogP) is 3.83. The van der Waals surface area contributed by atoms with Gasteiger partial charge in [0.15, 0.2) is 5.11 Å². The zero-order chi connectivity index (χ0) is 18.8. The summed E-state index contributed by atoms with van der Waals surface area (Å²) in [6.45, 7) is 0. The minimum atomic E-state index is -0.603. The Morgan fingerprint density at radius 3 is 2.58 bits per heavy atom. The molecule has 8 heteroatoms. The first kappa shape index (κ1) is 18.4. The van der Waals surface area contributed by atoms with Gasteiger partial charge in [0.05, 0.1) is 22.8 Å². The van der Waals surface area contributed by atoms with Gasteiger partial charge in [-0.05, 0) is 36.5 Å². The summed E-state index contributed by atoms with van der Waals surface area (Å²) in [4.78, 5) is 26.5. The average Bonchev–Trinajstić information content (AvgIpc) is 2.62. The van der Waals surface area contributed by atoms with Crippen LogP contribution in [-0.4, -0.2) is 24.0 Å². The van der Waals surface area contributed by atoms with E-state index in [1.165, 1.54) is 13.2 Å². The molecule has 132 valence electrons. The van der Waals surface area contributed by atoms with Crippen LogP contribution >= 0.6 is 35.4 Å². The van der Waals surface area contributed by atoms with Crippen molar-refractivity contribution in [1.82, 2.24) is 5.32 Å². The van der Waals surface area contributed by atoms with Gasteiger partial charge in [0.1, 0.15) is 11.3 Å². The Bertz CT molecular complexity index is 959. The van der Waals surface area contributed by atoms with Crippen LogP contribution in [0.1, 0.15) is 5.56 Å². The van der Waals surface area contributed by atoms with Crippen molar-refractivity contribution in [3.05, 3.63) is 63.6 Å². The second-order valence-electron chi connectivity index (χ2n) is 5.27. The Balaban J connectivity index is 2.09. The zero-order valence-corrected chi connectivity index (χ0v) is 15.8. The van der Waals surface area contributed by atoms with E-state index in [-0.39, 0.29) is 20.7 Å². The van der Waals surface area contributed by atoms with Gasteiger partial charge in [0.25, 0.3) is 11.8 Å². The minimum absolute atomic E-state index is 0.0682. The smallest absolute Gasteiger partial charge is 0.270 e. The Morgan fingerprint density at radius 2 is 1.85 bits per heavy atom. The van der Waals surface area contributed by atoms with Crippen LogP contribution in [0, 0.1) is 0 Å². The van der Waals surface area contributed by atoms with E-state index in [1.807, 2.05) is 0 Å². The summed E-state index contributed by atoms with van der Waals surface area (Å²) in [5, 5.41) is 2.87. The molecular weight excluding hydrogens is 395 g/mol. The molecule has 1 heterocycles. The topological polar surface area (TPSA) is 58.6 Å². The SMILES string of the molecule is COc1ccccc1/C=C1/C(=O)NC(=S)N(c2cccc(Cl)c2Cl)C1=O. The molecule has 1 aliphatic heterocycles. The molecule has 1 aliphatic rings. The standard InChI is InChI=1S/C18H12Cl2N2O3S/c1-25-14-8-3-2-5-10(14)9-11-16(23)21-18(26)22(17(11)24)13-7-4-6-12(19)15(13)20/h2-9H,1H3,(H,21,23,26)/b11-9-. The summed E-state index contributed by atoms with van der Waals surface area (Å²) in [5.41, 5.74) is 0.776. The van der Waals surface area contributed by atoms with Crippen molar-refractivity contribution in [2.45, 2.75) is 0 Å². The maximum atomic E-state index is 13.0. The third-order valence-electron chi connectivity index (χ3n) is 3.71. The Morgan fingerprint density at radius 1 is 1.12 bits per heavy atom. The zero-order valence-electron chi connectivity index (χ0n) is 13.5. The molecule has 1 N–H and O–H groups in total. The first-order valence-corrected chi connectivity index (χ1v) is 8.59. The lowest BCUT2D eigenvalue weighted by atomic mass is 10.1. The molecule has 0 radical (unpaired) electrons. The van der Waals surface area contributed by atoms with Crippen LogP contribution in [-0.2, 0) is 9.59 Å². The normalized spacial score (nSPS) is 16.0. The number of carbonyl (C=O) groups excluding carboxylic acids is 2. The molecule has 0 bridgehead atoms. The maximum absolute atomic E-state index is 13.0. The van der Waals surface area contributed by atoms with Gasteiger partial charge in [-0.3, -0.25) is 19.8 Å². The number of halogens is 2. The number of para-hydroxylation sites is 1. The molecule has 2 amide bonds. The van der Waals surface area contributed by atoms with Gasteiger partial charge >= 0.3 is 0 Å². The molecule has 0 aliphatic carbocycles. The first-order valence-electron chi connectivity index (χ1n) is 7.42. The average molecular weight is 407 g/mol. The number of hydrogen-bond acceptors (Lipinski definition) is 4. The summed E-state index contributed by atoms with van der Waals surface area (Å²) in [6.07, 6.45) is 1.45. The summed E-state index contributed by atoms with van der Waals surface area (Å²) >= 11 is 17.4. The number of amides is 2. The fourth-order valence-corrected chi connectivity index (χ4v) is 3.14. The van der Waals surface area contributed by atoms with Crippen molar-refractivity contribution in [1.29, 1.82) is 0 Å². The molecule has 3 rings (SSSR count). The fourth-order valence-electron chi connectivity index (χ4n) is 2.48. The van der Waals surface area contributed by atoms with Gasteiger partial charge in [-0.2, -0.15) is 0 Å². The van der Waals surface area contributed by atoms with Gasteiger partial charge in [-0.1, -0.05) is 47.5 Å². The predicted molar refractivity (Wildman–Crippen MR) is 106 cm³/mol. The Kier molecular flexibility index (Phi) is 5.27. The molecule has 0 atom stereocenters. The number of benzene rings is 2. The second kappa shape index (κ2) is 7.45. The van der Waals surface area contributed by atoms with Gasteiger partial charge < -0.3 is 4.74 Å². The number of rotatable bonds is 3. The lowest BCUT2D eigenvalue weighted by Gasteiger charge is -2.29. The van der Waals surface area contributed by atoms with Gasteiger partial charge in [0.2, 0.25) is 0 Å². The molecular formula is C18H12Cl2N2O3S. The Hall–Kier alpha value is -2.41. The maximum Gasteiger partial charge on any atom is 0.270 e. The number of thiocarbonyl (C=S) groups is 1.